The molecule has 0 heterocycles. The van der Waals surface area contributed by atoms with Gasteiger partial charge in [0.25, 0.3) is 0 Å². The Morgan fingerprint density at radius 3 is 1.32 bits per heavy atom. The summed E-state index contributed by atoms with van der Waals surface area (Å²) in [6.07, 6.45) is 12.3. The average molecular weight is 389 g/mol. The number of hydrogen-bond donors (Lipinski definition) is 0. The minimum atomic E-state index is -0.794. The fourth-order valence-electron chi connectivity index (χ4n) is 2.35. The lowest BCUT2D eigenvalue weighted by Crippen LogP contribution is -2.29. The highest BCUT2D eigenvalue weighted by molar-refractivity contribution is 5.92. The molecule has 156 valence electrons. The highest BCUT2D eigenvalue weighted by Crippen LogP contribution is 2.22. The second-order valence-electron chi connectivity index (χ2n) is 7.85. The monoisotopic (exact) mass is 388 g/mol. The summed E-state index contributed by atoms with van der Waals surface area (Å²) in [5.74, 6) is -1.22. The van der Waals surface area contributed by atoms with Crippen LogP contribution < -0.4 is 0 Å². The zero-order chi connectivity index (χ0) is 21.8. The third kappa shape index (κ3) is 11.4. The summed E-state index contributed by atoms with van der Waals surface area (Å²) in [6, 6.07) is 0. The molecule has 0 saturated carbocycles. The Kier molecular flexibility index (Phi) is 11.1. The van der Waals surface area contributed by atoms with Crippen LogP contribution in [0.25, 0.3) is 0 Å². The molecule has 0 N–H and O–H groups in total. The van der Waals surface area contributed by atoms with Crippen molar-refractivity contribution in [2.24, 2.45) is 0 Å². The molecule has 4 nitrogen and oxygen atoms in total. The molecule has 0 aromatic carbocycles. The zero-order valence-electron chi connectivity index (χ0n) is 18.3. The molecule has 0 fully saturated rings. The molecule has 2 unspecified atom stereocenters. The molecule has 0 aliphatic carbocycles. The van der Waals surface area contributed by atoms with Crippen LogP contribution in [0.15, 0.2) is 60.8 Å². The number of rotatable bonds is 12. The lowest BCUT2D eigenvalue weighted by molar-refractivity contribution is -0.151. The highest BCUT2D eigenvalue weighted by atomic mass is 16.6. The van der Waals surface area contributed by atoms with E-state index in [-0.39, 0.29) is 0 Å². The van der Waals surface area contributed by atoms with E-state index < -0.39 is 23.1 Å². The standard InChI is InChI=1S/C24H36O4/c1-9-23(7,17-11-13-19(3)4)27-21(25)15-16-22(26)28-24(8,10-2)18-12-14-20(5)6/h9-10,13-16H,1-2,11-12,17-18H2,3-8H3. The van der Waals surface area contributed by atoms with E-state index in [0.29, 0.717) is 12.8 Å². The summed E-state index contributed by atoms with van der Waals surface area (Å²) in [7, 11) is 0. The van der Waals surface area contributed by atoms with E-state index >= 15 is 0 Å². The van der Waals surface area contributed by atoms with Crippen molar-refractivity contribution in [1.82, 2.24) is 0 Å². The van der Waals surface area contributed by atoms with Crippen molar-refractivity contribution in [2.45, 2.75) is 78.4 Å². The fourth-order valence-corrected chi connectivity index (χ4v) is 2.35. The fraction of sp³-hybridized carbons (Fsp3) is 0.500. The van der Waals surface area contributed by atoms with Gasteiger partial charge in [-0.25, -0.2) is 9.59 Å². The van der Waals surface area contributed by atoms with Crippen molar-refractivity contribution < 1.29 is 19.1 Å². The first-order valence-corrected chi connectivity index (χ1v) is 9.63. The molecule has 0 radical (unpaired) electrons. The number of allylic oxidation sites excluding steroid dienone is 4. The van der Waals surface area contributed by atoms with Gasteiger partial charge in [-0.2, -0.15) is 0 Å². The highest BCUT2D eigenvalue weighted by Gasteiger charge is 2.25. The molecule has 0 spiro atoms. The van der Waals surface area contributed by atoms with E-state index in [4.69, 9.17) is 9.47 Å². The molecule has 28 heavy (non-hydrogen) atoms. The van der Waals surface area contributed by atoms with Crippen molar-refractivity contribution in [3.05, 3.63) is 60.8 Å². The first kappa shape index (κ1) is 25.6. The molecule has 0 saturated heterocycles. The van der Waals surface area contributed by atoms with Crippen LogP contribution in [0.1, 0.15) is 67.2 Å². The lowest BCUT2D eigenvalue weighted by Gasteiger charge is -2.25. The molecule has 0 aliphatic heterocycles. The van der Waals surface area contributed by atoms with Gasteiger partial charge in [-0.05, 0) is 79.4 Å². The van der Waals surface area contributed by atoms with Crippen molar-refractivity contribution in [1.29, 1.82) is 0 Å². The maximum atomic E-state index is 12.1. The lowest BCUT2D eigenvalue weighted by atomic mass is 9.99. The molecular formula is C24H36O4. The van der Waals surface area contributed by atoms with Gasteiger partial charge in [0.1, 0.15) is 11.2 Å². The van der Waals surface area contributed by atoms with Gasteiger partial charge in [-0.3, -0.25) is 0 Å². The van der Waals surface area contributed by atoms with Gasteiger partial charge in [-0.15, -0.1) is 0 Å². The average Bonchev–Trinajstić information content (AvgIpc) is 2.59. The molecule has 4 heteroatoms. The van der Waals surface area contributed by atoms with Crippen LogP contribution in [0.5, 0.6) is 0 Å². The van der Waals surface area contributed by atoms with Gasteiger partial charge < -0.3 is 9.47 Å². The summed E-state index contributed by atoms with van der Waals surface area (Å²) in [6.45, 7) is 19.1. The quantitative estimate of drug-likeness (QED) is 0.233. The second-order valence-corrected chi connectivity index (χ2v) is 7.85. The van der Waals surface area contributed by atoms with Gasteiger partial charge in [0.2, 0.25) is 0 Å². The van der Waals surface area contributed by atoms with Crippen LogP contribution in [0.2, 0.25) is 0 Å². The molecule has 2 atom stereocenters. The summed E-state index contributed by atoms with van der Waals surface area (Å²) >= 11 is 0. The van der Waals surface area contributed by atoms with Gasteiger partial charge in [-0.1, -0.05) is 36.5 Å². The van der Waals surface area contributed by atoms with E-state index in [1.807, 2.05) is 27.7 Å². The van der Waals surface area contributed by atoms with E-state index in [1.54, 1.807) is 26.0 Å². The molecule has 0 bridgehead atoms. The van der Waals surface area contributed by atoms with Crippen molar-refractivity contribution in [3.63, 3.8) is 0 Å². The third-order valence-corrected chi connectivity index (χ3v) is 4.27. The Bertz CT molecular complexity index is 590. The molecule has 0 amide bonds. The van der Waals surface area contributed by atoms with Crippen molar-refractivity contribution in [3.8, 4) is 0 Å². The maximum Gasteiger partial charge on any atom is 0.331 e. The zero-order valence-corrected chi connectivity index (χ0v) is 18.3. The summed E-state index contributed by atoms with van der Waals surface area (Å²) in [5, 5.41) is 0. The summed E-state index contributed by atoms with van der Waals surface area (Å²) in [4.78, 5) is 24.2. The van der Waals surface area contributed by atoms with Crippen molar-refractivity contribution in [2.75, 3.05) is 0 Å². The Balaban J connectivity index is 4.78. The minimum absolute atomic E-state index is 0.610. The van der Waals surface area contributed by atoms with Crippen LogP contribution in [-0.2, 0) is 19.1 Å². The molecular weight excluding hydrogens is 352 g/mol. The predicted molar refractivity (Wildman–Crippen MR) is 116 cm³/mol. The normalized spacial score (nSPS) is 14.9. The second kappa shape index (κ2) is 12.2. The molecule has 0 aliphatic rings. The van der Waals surface area contributed by atoms with Crippen LogP contribution in [0.3, 0.4) is 0 Å². The molecule has 0 rings (SSSR count). The first-order valence-electron chi connectivity index (χ1n) is 9.63. The van der Waals surface area contributed by atoms with Gasteiger partial charge in [0, 0.05) is 12.2 Å². The number of carbonyl (C=O) groups excluding carboxylic acids is 2. The number of carbonyl (C=O) groups is 2. The van der Waals surface area contributed by atoms with Crippen LogP contribution in [0, 0.1) is 0 Å². The van der Waals surface area contributed by atoms with E-state index in [9.17, 15) is 9.59 Å². The molecule has 0 aromatic heterocycles. The molecule has 0 aromatic rings. The number of esters is 2. The Morgan fingerprint density at radius 1 is 0.750 bits per heavy atom. The van der Waals surface area contributed by atoms with Gasteiger partial charge >= 0.3 is 11.9 Å². The SMILES string of the molecule is C=CC(C)(CCC=C(C)C)OC(=O)C=CC(=O)OC(C)(C=C)CCC=C(C)C. The van der Waals surface area contributed by atoms with Crippen LogP contribution in [0.4, 0.5) is 0 Å². The van der Waals surface area contributed by atoms with Gasteiger partial charge in [0.15, 0.2) is 0 Å². The van der Waals surface area contributed by atoms with Gasteiger partial charge in [0.05, 0.1) is 0 Å². The Hall–Kier alpha value is -2.36. The number of ether oxygens (including phenoxy) is 2. The largest absolute Gasteiger partial charge is 0.452 e. The Labute approximate surface area is 170 Å². The number of hydrogen-bond acceptors (Lipinski definition) is 4. The smallest absolute Gasteiger partial charge is 0.331 e. The van der Waals surface area contributed by atoms with E-state index in [0.717, 1.165) is 25.0 Å². The van der Waals surface area contributed by atoms with E-state index in [2.05, 4.69) is 25.3 Å². The maximum absolute atomic E-state index is 12.1. The first-order chi connectivity index (χ1) is 12.9. The minimum Gasteiger partial charge on any atom is -0.452 e. The van der Waals surface area contributed by atoms with E-state index in [1.165, 1.54) is 11.1 Å². The Morgan fingerprint density at radius 2 is 1.07 bits per heavy atom. The third-order valence-electron chi connectivity index (χ3n) is 4.27. The predicted octanol–water partition coefficient (Wildman–Crippen LogP) is 6.01. The van der Waals surface area contributed by atoms with Crippen LogP contribution >= 0.6 is 0 Å². The van der Waals surface area contributed by atoms with Crippen LogP contribution in [-0.4, -0.2) is 23.1 Å². The topological polar surface area (TPSA) is 52.6 Å². The summed E-state index contributed by atoms with van der Waals surface area (Å²) in [5.41, 5.74) is 0.819. The van der Waals surface area contributed by atoms with Crippen molar-refractivity contribution >= 4 is 11.9 Å². The summed E-state index contributed by atoms with van der Waals surface area (Å²) < 4.78 is 10.9.